The summed E-state index contributed by atoms with van der Waals surface area (Å²) >= 11 is 0. The van der Waals surface area contributed by atoms with Gasteiger partial charge in [-0.3, -0.25) is 0 Å². The first-order chi connectivity index (χ1) is 6.86. The summed E-state index contributed by atoms with van der Waals surface area (Å²) < 4.78 is 0. The van der Waals surface area contributed by atoms with Crippen LogP contribution >= 0.6 is 0 Å². The Labute approximate surface area is 87.7 Å². The minimum atomic E-state index is 1.06. The zero-order valence-corrected chi connectivity index (χ0v) is 9.29. The van der Waals surface area contributed by atoms with Crippen molar-refractivity contribution in [1.82, 2.24) is 0 Å². The topological polar surface area (TPSA) is 0 Å². The number of aryl methyl sites for hydroxylation is 1. The first kappa shape index (κ1) is 11.0. The molecule has 0 saturated heterocycles. The van der Waals surface area contributed by atoms with Gasteiger partial charge in [0.15, 0.2) is 0 Å². The average molecular weight is 188 g/mol. The monoisotopic (exact) mass is 188 g/mol. The number of unbranched alkanes of at least 4 members (excludes halogenated alkanes) is 1. The van der Waals surface area contributed by atoms with Crippen LogP contribution < -0.4 is 0 Å². The minimum Gasteiger partial charge on any atom is -0.0913 e. The largest absolute Gasteiger partial charge is 0.0913 e. The van der Waals surface area contributed by atoms with Crippen molar-refractivity contribution >= 4 is 0 Å². The summed E-state index contributed by atoms with van der Waals surface area (Å²) in [5.74, 6) is 0. The Kier molecular flexibility index (Phi) is 5.06. The zero-order valence-electron chi connectivity index (χ0n) is 9.29. The number of rotatable bonds is 5. The molecule has 0 N–H and O–H groups in total. The van der Waals surface area contributed by atoms with Crippen LogP contribution in [0.4, 0.5) is 0 Å². The van der Waals surface area contributed by atoms with Crippen LogP contribution in [0.25, 0.3) is 0 Å². The van der Waals surface area contributed by atoms with E-state index in [1.165, 1.54) is 30.4 Å². The molecule has 1 rings (SSSR count). The Hall–Kier alpha value is -1.04. The van der Waals surface area contributed by atoms with Gasteiger partial charge in [0.25, 0.3) is 0 Å². The van der Waals surface area contributed by atoms with E-state index in [1.807, 2.05) is 0 Å². The SMILES string of the molecule is CC=CCc1ccc(CCCC)cc1. The van der Waals surface area contributed by atoms with Gasteiger partial charge in [0.2, 0.25) is 0 Å². The van der Waals surface area contributed by atoms with Crippen LogP contribution in [0, 0.1) is 0 Å². The highest BCUT2D eigenvalue weighted by Gasteiger charge is 1.92. The van der Waals surface area contributed by atoms with Crippen LogP contribution in [-0.2, 0) is 12.8 Å². The van der Waals surface area contributed by atoms with Crippen molar-refractivity contribution in [3.8, 4) is 0 Å². The lowest BCUT2D eigenvalue weighted by Crippen LogP contribution is -1.86. The molecule has 0 aliphatic rings. The van der Waals surface area contributed by atoms with E-state index in [1.54, 1.807) is 0 Å². The molecule has 0 amide bonds. The summed E-state index contributed by atoms with van der Waals surface area (Å²) in [5.41, 5.74) is 2.87. The predicted molar refractivity (Wildman–Crippen MR) is 63.6 cm³/mol. The van der Waals surface area contributed by atoms with Gasteiger partial charge in [-0.1, -0.05) is 49.8 Å². The molecule has 0 unspecified atom stereocenters. The molecule has 0 nitrogen and oxygen atoms in total. The van der Waals surface area contributed by atoms with Crippen molar-refractivity contribution < 1.29 is 0 Å². The van der Waals surface area contributed by atoms with Crippen molar-refractivity contribution in [3.05, 3.63) is 47.5 Å². The highest BCUT2D eigenvalue weighted by atomic mass is 14.0. The van der Waals surface area contributed by atoms with Gasteiger partial charge in [0.05, 0.1) is 0 Å². The summed E-state index contributed by atoms with van der Waals surface area (Å²) in [4.78, 5) is 0. The fraction of sp³-hybridized carbons (Fsp3) is 0.429. The van der Waals surface area contributed by atoms with E-state index in [2.05, 4.69) is 50.3 Å². The molecule has 0 aliphatic heterocycles. The fourth-order valence-electron chi connectivity index (χ4n) is 1.48. The van der Waals surface area contributed by atoms with E-state index < -0.39 is 0 Å². The molecule has 0 spiro atoms. The van der Waals surface area contributed by atoms with E-state index in [-0.39, 0.29) is 0 Å². The van der Waals surface area contributed by atoms with Gasteiger partial charge >= 0.3 is 0 Å². The second-order valence-corrected chi connectivity index (χ2v) is 3.69. The number of allylic oxidation sites excluding steroid dienone is 2. The number of hydrogen-bond acceptors (Lipinski definition) is 0. The van der Waals surface area contributed by atoms with Gasteiger partial charge in [0, 0.05) is 0 Å². The van der Waals surface area contributed by atoms with Crippen molar-refractivity contribution in [1.29, 1.82) is 0 Å². The highest BCUT2D eigenvalue weighted by Crippen LogP contribution is 2.08. The van der Waals surface area contributed by atoms with E-state index in [4.69, 9.17) is 0 Å². The van der Waals surface area contributed by atoms with E-state index in [0.717, 1.165) is 6.42 Å². The molecule has 0 fully saturated rings. The summed E-state index contributed by atoms with van der Waals surface area (Å²) in [6.07, 6.45) is 9.16. The lowest BCUT2D eigenvalue weighted by Gasteiger charge is -2.01. The number of benzene rings is 1. The highest BCUT2D eigenvalue weighted by molar-refractivity contribution is 5.24. The third-order valence-corrected chi connectivity index (χ3v) is 2.43. The quantitative estimate of drug-likeness (QED) is 0.609. The molecule has 0 aliphatic carbocycles. The molecule has 1 aromatic carbocycles. The molecule has 76 valence electrons. The zero-order chi connectivity index (χ0) is 10.2. The average Bonchev–Trinajstić information content (AvgIpc) is 2.25. The Morgan fingerprint density at radius 3 is 2.29 bits per heavy atom. The second-order valence-electron chi connectivity index (χ2n) is 3.69. The Bertz CT molecular complexity index is 267. The van der Waals surface area contributed by atoms with Gasteiger partial charge in [0.1, 0.15) is 0 Å². The Morgan fingerprint density at radius 2 is 1.71 bits per heavy atom. The second kappa shape index (κ2) is 6.42. The van der Waals surface area contributed by atoms with Crippen molar-refractivity contribution in [2.24, 2.45) is 0 Å². The van der Waals surface area contributed by atoms with Crippen molar-refractivity contribution in [3.63, 3.8) is 0 Å². The van der Waals surface area contributed by atoms with Crippen LogP contribution in [0.5, 0.6) is 0 Å². The van der Waals surface area contributed by atoms with Crippen LogP contribution in [0.15, 0.2) is 36.4 Å². The minimum absolute atomic E-state index is 1.06. The molecular weight excluding hydrogens is 168 g/mol. The lowest BCUT2D eigenvalue weighted by molar-refractivity contribution is 0.795. The smallest absolute Gasteiger partial charge is 0.00976 e. The molecule has 0 atom stereocenters. The maximum absolute atomic E-state index is 2.26. The molecule has 0 heteroatoms. The molecule has 0 heterocycles. The van der Waals surface area contributed by atoms with Crippen LogP contribution in [0.1, 0.15) is 37.8 Å². The maximum atomic E-state index is 2.26. The van der Waals surface area contributed by atoms with Crippen molar-refractivity contribution in [2.45, 2.75) is 39.5 Å². The summed E-state index contributed by atoms with van der Waals surface area (Å²) in [7, 11) is 0. The summed E-state index contributed by atoms with van der Waals surface area (Å²) in [6.45, 7) is 4.30. The molecule has 1 aromatic rings. The number of hydrogen-bond donors (Lipinski definition) is 0. The molecule has 0 bridgehead atoms. The Balaban J connectivity index is 2.50. The van der Waals surface area contributed by atoms with Gasteiger partial charge < -0.3 is 0 Å². The van der Waals surface area contributed by atoms with Gasteiger partial charge in [-0.2, -0.15) is 0 Å². The first-order valence-corrected chi connectivity index (χ1v) is 5.55. The molecule has 0 radical (unpaired) electrons. The summed E-state index contributed by atoms with van der Waals surface area (Å²) in [6, 6.07) is 9.00. The molecule has 0 aromatic heterocycles. The van der Waals surface area contributed by atoms with Crippen LogP contribution in [0.2, 0.25) is 0 Å². The standard InChI is InChI=1S/C14H20/c1-3-5-7-13-9-11-14(12-10-13)8-6-4-2/h3,5,9-12H,4,6-8H2,1-2H3. The molecule has 14 heavy (non-hydrogen) atoms. The van der Waals surface area contributed by atoms with Crippen LogP contribution in [0.3, 0.4) is 0 Å². The Morgan fingerprint density at radius 1 is 1.07 bits per heavy atom. The lowest BCUT2D eigenvalue weighted by atomic mass is 10.0. The summed E-state index contributed by atoms with van der Waals surface area (Å²) in [5, 5.41) is 0. The molecular formula is C14H20. The van der Waals surface area contributed by atoms with Crippen LogP contribution in [-0.4, -0.2) is 0 Å². The van der Waals surface area contributed by atoms with E-state index >= 15 is 0 Å². The van der Waals surface area contributed by atoms with Crippen molar-refractivity contribution in [2.75, 3.05) is 0 Å². The van der Waals surface area contributed by atoms with E-state index in [9.17, 15) is 0 Å². The molecule has 0 saturated carbocycles. The third kappa shape index (κ3) is 3.78. The van der Waals surface area contributed by atoms with Gasteiger partial charge in [-0.25, -0.2) is 0 Å². The van der Waals surface area contributed by atoms with Gasteiger partial charge in [-0.05, 0) is 37.3 Å². The maximum Gasteiger partial charge on any atom is -0.00976 e. The van der Waals surface area contributed by atoms with E-state index in [0.29, 0.717) is 0 Å². The third-order valence-electron chi connectivity index (χ3n) is 2.43. The fourth-order valence-corrected chi connectivity index (χ4v) is 1.48. The first-order valence-electron chi connectivity index (χ1n) is 5.55. The normalized spacial score (nSPS) is 11.0. The van der Waals surface area contributed by atoms with Gasteiger partial charge in [-0.15, -0.1) is 0 Å². The predicted octanol–water partition coefficient (Wildman–Crippen LogP) is 4.15.